The molecule has 0 bridgehead atoms. The Hall–Kier alpha value is -2.32. The van der Waals surface area contributed by atoms with Crippen LogP contribution < -0.4 is 14.8 Å². The van der Waals surface area contributed by atoms with Crippen molar-refractivity contribution in [3.05, 3.63) is 23.8 Å². The van der Waals surface area contributed by atoms with E-state index >= 15 is 0 Å². The average Bonchev–Trinajstić information content (AvgIpc) is 3.41. The molecule has 40 heavy (non-hydrogen) atoms. The van der Waals surface area contributed by atoms with Gasteiger partial charge in [0.2, 0.25) is 5.91 Å². The Morgan fingerprint density at radius 3 is 2.27 bits per heavy atom. The van der Waals surface area contributed by atoms with Crippen molar-refractivity contribution in [2.45, 2.75) is 91.6 Å². The largest absolute Gasteiger partial charge is 0.493 e. The van der Waals surface area contributed by atoms with Crippen LogP contribution in [0.4, 0.5) is 0 Å². The third-order valence-electron chi connectivity index (χ3n) is 8.57. The van der Waals surface area contributed by atoms with Crippen molar-refractivity contribution in [2.24, 2.45) is 29.1 Å². The summed E-state index contributed by atoms with van der Waals surface area (Å²) in [7, 11) is 3.31. The van der Waals surface area contributed by atoms with Crippen LogP contribution in [0.2, 0.25) is 0 Å². The van der Waals surface area contributed by atoms with Crippen molar-refractivity contribution in [1.29, 1.82) is 0 Å². The Morgan fingerprint density at radius 2 is 1.70 bits per heavy atom. The van der Waals surface area contributed by atoms with Gasteiger partial charge in [0.05, 0.1) is 25.2 Å². The van der Waals surface area contributed by atoms with Crippen LogP contribution in [-0.4, -0.2) is 62.2 Å². The molecule has 2 rings (SSSR count). The molecule has 1 aromatic rings. The van der Waals surface area contributed by atoms with E-state index in [1.165, 1.54) is 0 Å². The standard InChI is InChI=1S/C32H53NO7/c1-22(2)25(18-24-10-13-28(39-6)29(19-24)40-17-9-16-38-5)11-12-26(34)20-27(23(3)4)30(35)33-21-32(31(36)37)14-7-8-15-32/h10,13,19,22-23,25-27,34H,7-9,11-12,14-18,20-21H2,1-6H3,(H,33,35)(H,36,37)/t25?,26-,27?/m1/s1. The summed E-state index contributed by atoms with van der Waals surface area (Å²) in [5, 5.41) is 23.6. The molecule has 8 heteroatoms. The Morgan fingerprint density at radius 1 is 1.00 bits per heavy atom. The predicted octanol–water partition coefficient (Wildman–Crippen LogP) is 5.49. The van der Waals surface area contributed by atoms with Crippen molar-refractivity contribution in [3.8, 4) is 11.5 Å². The number of carboxylic acids is 1. The number of hydrogen-bond donors (Lipinski definition) is 3. The molecule has 1 aliphatic rings. The quantitative estimate of drug-likeness (QED) is 0.191. The molecule has 1 aliphatic carbocycles. The summed E-state index contributed by atoms with van der Waals surface area (Å²) >= 11 is 0. The number of aliphatic hydroxyl groups is 1. The van der Waals surface area contributed by atoms with Crippen LogP contribution in [0, 0.1) is 29.1 Å². The highest BCUT2D eigenvalue weighted by atomic mass is 16.5. The number of carboxylic acid groups (broad SMARTS) is 1. The maximum Gasteiger partial charge on any atom is 0.311 e. The number of rotatable bonds is 19. The summed E-state index contributed by atoms with van der Waals surface area (Å²) < 4.78 is 16.5. The predicted molar refractivity (Wildman–Crippen MR) is 157 cm³/mol. The van der Waals surface area contributed by atoms with Crippen molar-refractivity contribution < 1.29 is 34.0 Å². The van der Waals surface area contributed by atoms with E-state index in [-0.39, 0.29) is 24.3 Å². The number of carbonyl (C=O) groups is 2. The van der Waals surface area contributed by atoms with Crippen LogP contribution >= 0.6 is 0 Å². The minimum Gasteiger partial charge on any atom is -0.493 e. The lowest BCUT2D eigenvalue weighted by Gasteiger charge is -2.28. The van der Waals surface area contributed by atoms with Gasteiger partial charge in [-0.1, -0.05) is 46.6 Å². The molecule has 1 fully saturated rings. The van der Waals surface area contributed by atoms with Gasteiger partial charge >= 0.3 is 5.97 Å². The molecule has 2 unspecified atom stereocenters. The first-order valence-electron chi connectivity index (χ1n) is 15.0. The molecule has 1 saturated carbocycles. The highest BCUT2D eigenvalue weighted by molar-refractivity contribution is 5.81. The number of aliphatic carboxylic acids is 1. The maximum atomic E-state index is 13.1. The van der Waals surface area contributed by atoms with Crippen LogP contribution in [0.15, 0.2) is 18.2 Å². The highest BCUT2D eigenvalue weighted by Crippen LogP contribution is 2.38. The van der Waals surface area contributed by atoms with E-state index in [2.05, 4.69) is 25.2 Å². The second-order valence-corrected chi connectivity index (χ2v) is 12.2. The SMILES string of the molecule is COCCCOc1cc(CC(CC[C@@H](O)CC(C(=O)NCC2(C(=O)O)CCCC2)C(C)C)C(C)C)ccc1OC. The van der Waals surface area contributed by atoms with Crippen LogP contribution in [0.3, 0.4) is 0 Å². The van der Waals surface area contributed by atoms with E-state index in [9.17, 15) is 19.8 Å². The number of carbonyl (C=O) groups excluding carboxylic acids is 1. The Balaban J connectivity index is 1.95. The lowest BCUT2D eigenvalue weighted by Crippen LogP contribution is -2.44. The lowest BCUT2D eigenvalue weighted by molar-refractivity contribution is -0.148. The molecule has 3 N–H and O–H groups in total. The summed E-state index contributed by atoms with van der Waals surface area (Å²) in [6.45, 7) is 9.72. The third-order valence-corrected chi connectivity index (χ3v) is 8.57. The number of hydrogen-bond acceptors (Lipinski definition) is 6. The van der Waals surface area contributed by atoms with Gasteiger partial charge in [0.25, 0.3) is 0 Å². The molecule has 3 atom stereocenters. The smallest absolute Gasteiger partial charge is 0.311 e. The molecule has 1 amide bonds. The molecule has 0 spiro atoms. The van der Waals surface area contributed by atoms with Gasteiger partial charge in [-0.3, -0.25) is 9.59 Å². The zero-order chi connectivity index (χ0) is 29.7. The minimum atomic E-state index is -0.851. The molecule has 0 saturated heterocycles. The van der Waals surface area contributed by atoms with Crippen molar-refractivity contribution in [2.75, 3.05) is 34.0 Å². The number of ether oxygens (including phenoxy) is 3. The van der Waals surface area contributed by atoms with Gasteiger partial charge in [-0.15, -0.1) is 0 Å². The first kappa shape index (κ1) is 33.9. The summed E-state index contributed by atoms with van der Waals surface area (Å²) in [6, 6.07) is 6.06. The molecule has 0 aliphatic heterocycles. The van der Waals surface area contributed by atoms with E-state index in [0.29, 0.717) is 56.5 Å². The number of methoxy groups -OCH3 is 2. The second kappa shape index (κ2) is 16.8. The van der Waals surface area contributed by atoms with Gasteiger partial charge in [0, 0.05) is 32.6 Å². The molecule has 0 aromatic heterocycles. The van der Waals surface area contributed by atoms with Gasteiger partial charge in [-0.25, -0.2) is 0 Å². The Bertz CT molecular complexity index is 911. The minimum absolute atomic E-state index is 0.0431. The topological polar surface area (TPSA) is 114 Å². The normalized spacial score (nSPS) is 17.0. The summed E-state index contributed by atoms with van der Waals surface area (Å²) in [5.41, 5.74) is 0.311. The third kappa shape index (κ3) is 10.3. The van der Waals surface area contributed by atoms with Crippen molar-refractivity contribution >= 4 is 11.9 Å². The van der Waals surface area contributed by atoms with Crippen LogP contribution in [0.1, 0.15) is 84.6 Å². The Kier molecular flexibility index (Phi) is 14.3. The molecule has 8 nitrogen and oxygen atoms in total. The zero-order valence-corrected chi connectivity index (χ0v) is 25.5. The summed E-state index contributed by atoms with van der Waals surface area (Å²) in [4.78, 5) is 24.9. The summed E-state index contributed by atoms with van der Waals surface area (Å²) in [5.74, 6) is 0.910. The maximum absolute atomic E-state index is 13.1. The van der Waals surface area contributed by atoms with Gasteiger partial charge in [0.1, 0.15) is 0 Å². The van der Waals surface area contributed by atoms with Crippen molar-refractivity contribution in [3.63, 3.8) is 0 Å². The van der Waals surface area contributed by atoms with E-state index in [1.807, 2.05) is 26.0 Å². The highest BCUT2D eigenvalue weighted by Gasteiger charge is 2.42. The van der Waals surface area contributed by atoms with Crippen LogP contribution in [0.25, 0.3) is 0 Å². The number of nitrogens with one attached hydrogen (secondary N) is 1. The fraction of sp³-hybridized carbons (Fsp3) is 0.750. The van der Waals surface area contributed by atoms with Crippen LogP contribution in [0.5, 0.6) is 11.5 Å². The molecule has 228 valence electrons. The number of benzene rings is 1. The Labute approximate surface area is 241 Å². The van der Waals surface area contributed by atoms with Gasteiger partial charge < -0.3 is 29.7 Å². The first-order valence-corrected chi connectivity index (χ1v) is 15.0. The van der Waals surface area contributed by atoms with Gasteiger partial charge in [0.15, 0.2) is 11.5 Å². The van der Waals surface area contributed by atoms with E-state index < -0.39 is 17.5 Å². The lowest BCUT2D eigenvalue weighted by atomic mass is 9.82. The van der Waals surface area contributed by atoms with Crippen LogP contribution in [-0.2, 0) is 20.7 Å². The molecule has 0 radical (unpaired) electrons. The van der Waals surface area contributed by atoms with Gasteiger partial charge in [-0.2, -0.15) is 0 Å². The second-order valence-electron chi connectivity index (χ2n) is 12.2. The van der Waals surface area contributed by atoms with E-state index in [4.69, 9.17) is 14.2 Å². The molecule has 1 aromatic carbocycles. The van der Waals surface area contributed by atoms with E-state index in [1.54, 1.807) is 14.2 Å². The van der Waals surface area contributed by atoms with Crippen molar-refractivity contribution in [1.82, 2.24) is 5.32 Å². The summed E-state index contributed by atoms with van der Waals surface area (Å²) in [6.07, 6.45) is 5.83. The van der Waals surface area contributed by atoms with Gasteiger partial charge in [-0.05, 0) is 74.0 Å². The molecule has 0 heterocycles. The number of amides is 1. The molecular formula is C32H53NO7. The zero-order valence-electron chi connectivity index (χ0n) is 25.5. The fourth-order valence-corrected chi connectivity index (χ4v) is 5.72. The monoisotopic (exact) mass is 563 g/mol. The first-order chi connectivity index (χ1) is 19.0. The fourth-order valence-electron chi connectivity index (χ4n) is 5.72. The molecular weight excluding hydrogens is 510 g/mol. The van der Waals surface area contributed by atoms with E-state index in [0.717, 1.165) is 43.4 Å². The average molecular weight is 564 g/mol. The number of aliphatic hydroxyl groups excluding tert-OH is 1.